The van der Waals surface area contributed by atoms with E-state index in [9.17, 15) is 50.7 Å². The number of nitro benzene ring substituents is 3. The molecular formula is C27H24N4O12. The molecule has 3 N–H and O–H groups in total. The molecule has 0 saturated heterocycles. The maximum atomic E-state index is 11.5. The lowest BCUT2D eigenvalue weighted by molar-refractivity contribution is -0.418. The van der Waals surface area contributed by atoms with Crippen molar-refractivity contribution >= 4 is 17.1 Å². The first-order chi connectivity index (χ1) is 20.1. The van der Waals surface area contributed by atoms with Gasteiger partial charge in [0.15, 0.2) is 0 Å². The number of aromatic hydroxyl groups is 2. The van der Waals surface area contributed by atoms with Crippen molar-refractivity contribution in [1.82, 2.24) is 0 Å². The van der Waals surface area contributed by atoms with E-state index in [1.54, 1.807) is 0 Å². The highest BCUT2D eigenvalue weighted by Crippen LogP contribution is 2.36. The number of phenolic OH excluding ortho intramolecular Hbond substituents is 2. The minimum absolute atomic E-state index is 0.0411. The Hall–Kier alpha value is -6.32. The van der Waals surface area contributed by atoms with Crippen LogP contribution in [0.25, 0.3) is 0 Å². The molecule has 3 rings (SSSR count). The van der Waals surface area contributed by atoms with E-state index in [1.807, 2.05) is 0 Å². The number of hydrogen-bond acceptors (Lipinski definition) is 12. The number of hydrogen-bond donors (Lipinski definition) is 3. The molecule has 0 aliphatic rings. The topological polar surface area (TPSA) is 242 Å². The summed E-state index contributed by atoms with van der Waals surface area (Å²) in [5.41, 5.74) is -0.651. The van der Waals surface area contributed by atoms with E-state index in [4.69, 9.17) is 9.84 Å². The van der Waals surface area contributed by atoms with Gasteiger partial charge in [-0.05, 0) is 24.8 Å². The molecule has 0 atom stereocenters. The van der Waals surface area contributed by atoms with E-state index in [0.717, 1.165) is 42.5 Å². The Kier molecular flexibility index (Phi) is 11.0. The van der Waals surface area contributed by atoms with Gasteiger partial charge < -0.3 is 20.1 Å². The van der Waals surface area contributed by atoms with Gasteiger partial charge in [0.1, 0.15) is 23.0 Å². The molecule has 0 spiro atoms. The molecule has 3 aromatic carbocycles. The SMILES string of the molecule is C=C(O)/C=C\C(=C)[N+](=O)[O-].COc1ccc([N+](=O)[O-])cc1Cc1cc([N+](=O)[O-])cc(Cc2cc([N+](=O)[O-])ccc2O)c1O. The number of nitro groups is 4. The Labute approximate surface area is 242 Å². The second-order valence-corrected chi connectivity index (χ2v) is 8.62. The lowest BCUT2D eigenvalue weighted by Crippen LogP contribution is -2.01. The fourth-order valence-corrected chi connectivity index (χ4v) is 3.62. The van der Waals surface area contributed by atoms with Gasteiger partial charge in [-0.25, -0.2) is 0 Å². The average Bonchev–Trinajstić information content (AvgIpc) is 2.94. The second-order valence-electron chi connectivity index (χ2n) is 8.62. The van der Waals surface area contributed by atoms with Crippen molar-refractivity contribution in [1.29, 1.82) is 0 Å². The molecule has 16 heteroatoms. The third-order valence-corrected chi connectivity index (χ3v) is 5.68. The van der Waals surface area contributed by atoms with Crippen molar-refractivity contribution in [2.24, 2.45) is 0 Å². The number of allylic oxidation sites excluding steroid dienone is 2. The number of ether oxygens (including phenoxy) is 1. The van der Waals surface area contributed by atoms with Gasteiger partial charge in [-0.3, -0.25) is 40.5 Å². The van der Waals surface area contributed by atoms with Gasteiger partial charge in [0.25, 0.3) is 22.8 Å². The van der Waals surface area contributed by atoms with Crippen LogP contribution in [0.3, 0.4) is 0 Å². The van der Waals surface area contributed by atoms with E-state index in [2.05, 4.69) is 13.2 Å². The van der Waals surface area contributed by atoms with Gasteiger partial charge in [-0.1, -0.05) is 6.58 Å². The number of phenols is 2. The normalized spacial score (nSPS) is 10.3. The third kappa shape index (κ3) is 9.10. The quantitative estimate of drug-likeness (QED) is 0.109. The fourth-order valence-electron chi connectivity index (χ4n) is 3.62. The summed E-state index contributed by atoms with van der Waals surface area (Å²) in [4.78, 5) is 40.9. The Morgan fingerprint density at radius 2 is 1.21 bits per heavy atom. The number of benzene rings is 3. The molecule has 43 heavy (non-hydrogen) atoms. The zero-order chi connectivity index (χ0) is 32.4. The van der Waals surface area contributed by atoms with Crippen molar-refractivity contribution in [3.05, 3.63) is 148 Å². The average molecular weight is 597 g/mol. The highest BCUT2D eigenvalue weighted by atomic mass is 16.6. The van der Waals surface area contributed by atoms with Crippen molar-refractivity contribution in [3.63, 3.8) is 0 Å². The molecule has 0 amide bonds. The van der Waals surface area contributed by atoms with Crippen molar-refractivity contribution in [2.75, 3.05) is 7.11 Å². The molecule has 16 nitrogen and oxygen atoms in total. The molecule has 0 fully saturated rings. The summed E-state index contributed by atoms with van der Waals surface area (Å²) in [6.45, 7) is 6.18. The van der Waals surface area contributed by atoms with Crippen LogP contribution in [0.4, 0.5) is 17.1 Å². The molecule has 224 valence electrons. The monoisotopic (exact) mass is 596 g/mol. The first-order valence-electron chi connectivity index (χ1n) is 11.8. The summed E-state index contributed by atoms with van der Waals surface area (Å²) in [5, 5.41) is 72.8. The van der Waals surface area contributed by atoms with E-state index in [0.29, 0.717) is 5.56 Å². The zero-order valence-corrected chi connectivity index (χ0v) is 22.4. The van der Waals surface area contributed by atoms with E-state index in [-0.39, 0.29) is 75.3 Å². The Morgan fingerprint density at radius 1 is 0.744 bits per heavy atom. The van der Waals surface area contributed by atoms with Crippen LogP contribution in [0.5, 0.6) is 17.2 Å². The van der Waals surface area contributed by atoms with Crippen molar-refractivity contribution in [2.45, 2.75) is 12.8 Å². The molecule has 0 heterocycles. The van der Waals surface area contributed by atoms with Crippen LogP contribution in [0.2, 0.25) is 0 Å². The van der Waals surface area contributed by atoms with Crippen LogP contribution in [0.15, 0.2) is 85.3 Å². The lowest BCUT2D eigenvalue weighted by atomic mass is 9.95. The van der Waals surface area contributed by atoms with Crippen LogP contribution in [0.1, 0.15) is 22.3 Å². The largest absolute Gasteiger partial charge is 0.509 e. The summed E-state index contributed by atoms with van der Waals surface area (Å²) < 4.78 is 5.21. The fraction of sp³-hybridized carbons (Fsp3) is 0.111. The van der Waals surface area contributed by atoms with Gasteiger partial charge in [0.05, 0.1) is 26.8 Å². The Bertz CT molecular complexity index is 1650. The predicted octanol–water partition coefficient (Wildman–Crippen LogP) is 5.42. The number of rotatable bonds is 11. The summed E-state index contributed by atoms with van der Waals surface area (Å²) in [5.74, 6) is -0.583. The molecule has 0 saturated carbocycles. The number of nitrogens with zero attached hydrogens (tertiary/aromatic N) is 4. The highest BCUT2D eigenvalue weighted by molar-refractivity contribution is 5.56. The minimum atomic E-state index is -0.676. The Balaban J connectivity index is 0.000000553. The smallest absolute Gasteiger partial charge is 0.270 e. The summed E-state index contributed by atoms with van der Waals surface area (Å²) in [7, 11) is 1.36. The van der Waals surface area contributed by atoms with Crippen LogP contribution in [-0.4, -0.2) is 42.1 Å². The number of aliphatic hydroxyl groups is 1. The van der Waals surface area contributed by atoms with E-state index < -0.39 is 19.7 Å². The lowest BCUT2D eigenvalue weighted by Gasteiger charge is -2.13. The molecule has 0 radical (unpaired) electrons. The minimum Gasteiger partial charge on any atom is -0.509 e. The molecule has 0 aromatic heterocycles. The molecule has 0 bridgehead atoms. The molecule has 3 aromatic rings. The molecule has 0 aliphatic heterocycles. The van der Waals surface area contributed by atoms with Crippen LogP contribution in [0, 0.1) is 40.5 Å². The number of methoxy groups -OCH3 is 1. The van der Waals surface area contributed by atoms with E-state index in [1.165, 1.54) is 25.3 Å². The second kappa shape index (κ2) is 14.4. The highest BCUT2D eigenvalue weighted by Gasteiger charge is 2.21. The predicted molar refractivity (Wildman–Crippen MR) is 152 cm³/mol. The number of aliphatic hydroxyl groups excluding tert-OH is 1. The zero-order valence-electron chi connectivity index (χ0n) is 22.4. The first kappa shape index (κ1) is 32.9. The van der Waals surface area contributed by atoms with Gasteiger partial charge in [-0.15, -0.1) is 0 Å². The van der Waals surface area contributed by atoms with Crippen LogP contribution >= 0.6 is 0 Å². The van der Waals surface area contributed by atoms with Gasteiger partial charge in [-0.2, -0.15) is 0 Å². The summed E-state index contributed by atoms with van der Waals surface area (Å²) in [6, 6.07) is 9.42. The molecular weight excluding hydrogens is 572 g/mol. The van der Waals surface area contributed by atoms with Crippen LogP contribution in [-0.2, 0) is 12.8 Å². The van der Waals surface area contributed by atoms with E-state index >= 15 is 0 Å². The van der Waals surface area contributed by atoms with Gasteiger partial charge in [0, 0.05) is 77.6 Å². The maximum Gasteiger partial charge on any atom is 0.270 e. The summed E-state index contributed by atoms with van der Waals surface area (Å²) >= 11 is 0. The third-order valence-electron chi connectivity index (χ3n) is 5.68. The molecule has 0 unspecified atom stereocenters. The summed E-state index contributed by atoms with van der Waals surface area (Å²) in [6.07, 6.45) is 1.81. The number of non-ortho nitro benzene ring substituents is 3. The Morgan fingerprint density at radius 3 is 1.67 bits per heavy atom. The first-order valence-corrected chi connectivity index (χ1v) is 11.8. The van der Waals surface area contributed by atoms with Gasteiger partial charge >= 0.3 is 0 Å². The molecule has 0 aliphatic carbocycles. The van der Waals surface area contributed by atoms with Crippen molar-refractivity contribution < 1.29 is 39.7 Å². The standard InChI is InChI=1S/C21H17N3O9.C6H7NO3/c1-33-20-5-3-17(23(29)30)9-13(20)7-15-11-18(24(31)32)10-14(21(15)26)6-12-8-16(22(27)28)2-4-19(12)25;1-5(7(9)10)3-4-6(2)8/h2-5,8-11,25-26H,6-7H2,1H3;3-4,8H,1-2H2/b;4-3-. The van der Waals surface area contributed by atoms with Gasteiger partial charge in [0.2, 0.25) is 0 Å². The maximum absolute atomic E-state index is 11.5. The van der Waals surface area contributed by atoms with Crippen LogP contribution < -0.4 is 4.74 Å². The van der Waals surface area contributed by atoms with Crippen molar-refractivity contribution in [3.8, 4) is 17.2 Å².